The lowest BCUT2D eigenvalue weighted by Crippen LogP contribution is -1.99. The molecule has 1 aromatic rings. The van der Waals surface area contributed by atoms with Gasteiger partial charge in [0.05, 0.1) is 11.3 Å². The lowest BCUT2D eigenvalue weighted by molar-refractivity contribution is 0.0697. The third-order valence-electron chi connectivity index (χ3n) is 2.67. The van der Waals surface area contributed by atoms with Crippen LogP contribution < -0.4 is 0 Å². The van der Waals surface area contributed by atoms with E-state index in [1.165, 1.54) is 0 Å². The monoisotopic (exact) mass is 233 g/mol. The summed E-state index contributed by atoms with van der Waals surface area (Å²) in [5, 5.41) is 9.08. The lowest BCUT2D eigenvalue weighted by atomic mass is 10.1. The number of benzene rings is 1. The molecule has 1 rings (SSSR count). The van der Waals surface area contributed by atoms with Crippen molar-refractivity contribution in [3.63, 3.8) is 0 Å². The van der Waals surface area contributed by atoms with E-state index in [0.717, 1.165) is 18.4 Å². The molecule has 0 spiro atoms. The molecular weight excluding hydrogens is 214 g/mol. The molecule has 0 aliphatic heterocycles. The van der Waals surface area contributed by atoms with E-state index >= 15 is 0 Å². The number of hydrogen-bond donors (Lipinski definition) is 1. The van der Waals surface area contributed by atoms with Gasteiger partial charge in [-0.15, -0.1) is 0 Å². The van der Waals surface area contributed by atoms with E-state index in [1.807, 2.05) is 19.2 Å². The highest BCUT2D eigenvalue weighted by molar-refractivity contribution is 5.95. The molecule has 0 aromatic heterocycles. The third-order valence-corrected chi connectivity index (χ3v) is 2.67. The Morgan fingerprint density at radius 2 is 2.24 bits per heavy atom. The molecule has 17 heavy (non-hydrogen) atoms. The number of para-hydroxylation sites is 1. The van der Waals surface area contributed by atoms with Gasteiger partial charge in [0.15, 0.2) is 0 Å². The first-order valence-electron chi connectivity index (χ1n) is 5.93. The summed E-state index contributed by atoms with van der Waals surface area (Å²) < 4.78 is 0. The molecule has 1 N–H and O–H groups in total. The highest BCUT2D eigenvalue weighted by Gasteiger charge is 2.10. The second kappa shape index (κ2) is 6.18. The number of rotatable bonds is 5. The smallest absolute Gasteiger partial charge is 0.337 e. The van der Waals surface area contributed by atoms with Gasteiger partial charge in [-0.25, -0.2) is 4.79 Å². The van der Waals surface area contributed by atoms with Crippen molar-refractivity contribution in [1.82, 2.24) is 0 Å². The highest BCUT2D eigenvalue weighted by Crippen LogP contribution is 2.24. The van der Waals surface area contributed by atoms with Gasteiger partial charge in [0.1, 0.15) is 0 Å². The second-order valence-corrected chi connectivity index (χ2v) is 4.32. The van der Waals surface area contributed by atoms with Crippen molar-refractivity contribution in [2.45, 2.75) is 33.6 Å². The molecule has 3 nitrogen and oxygen atoms in total. The van der Waals surface area contributed by atoms with Crippen LogP contribution in [0.15, 0.2) is 23.2 Å². The summed E-state index contributed by atoms with van der Waals surface area (Å²) in [6.45, 7) is 6.09. The number of nitrogens with zero attached hydrogens (tertiary/aromatic N) is 1. The molecule has 1 atom stereocenters. The summed E-state index contributed by atoms with van der Waals surface area (Å²) in [5.74, 6) is -0.551. The number of carboxylic acid groups (broad SMARTS) is 1. The van der Waals surface area contributed by atoms with Gasteiger partial charge in [-0.1, -0.05) is 32.4 Å². The first-order valence-corrected chi connectivity index (χ1v) is 5.93. The Morgan fingerprint density at radius 1 is 1.53 bits per heavy atom. The number of carboxylic acids is 1. The normalized spacial score (nSPS) is 12.9. The van der Waals surface area contributed by atoms with Crippen LogP contribution in [0.2, 0.25) is 0 Å². The molecule has 0 saturated carbocycles. The summed E-state index contributed by atoms with van der Waals surface area (Å²) >= 11 is 0. The van der Waals surface area contributed by atoms with Gasteiger partial charge in [-0.2, -0.15) is 0 Å². The van der Waals surface area contributed by atoms with Gasteiger partial charge < -0.3 is 5.11 Å². The molecule has 92 valence electrons. The molecular formula is C14H19NO2. The molecule has 1 unspecified atom stereocenters. The average Bonchev–Trinajstić information content (AvgIpc) is 2.27. The zero-order chi connectivity index (χ0) is 12.8. The molecule has 0 saturated heterocycles. The SMILES string of the molecule is CCCC(C)/C=N/c1c(C)cccc1C(=O)O. The lowest BCUT2D eigenvalue weighted by Gasteiger charge is -2.06. The van der Waals surface area contributed by atoms with E-state index in [9.17, 15) is 4.79 Å². The van der Waals surface area contributed by atoms with Crippen molar-refractivity contribution >= 4 is 17.9 Å². The van der Waals surface area contributed by atoms with Crippen molar-refractivity contribution in [2.24, 2.45) is 10.9 Å². The predicted molar refractivity (Wildman–Crippen MR) is 70.4 cm³/mol. The van der Waals surface area contributed by atoms with Gasteiger partial charge >= 0.3 is 5.97 Å². The van der Waals surface area contributed by atoms with Gasteiger partial charge in [0.25, 0.3) is 0 Å². The van der Waals surface area contributed by atoms with Crippen LogP contribution in [0, 0.1) is 12.8 Å². The fraction of sp³-hybridized carbons (Fsp3) is 0.429. The second-order valence-electron chi connectivity index (χ2n) is 4.32. The van der Waals surface area contributed by atoms with Crippen molar-refractivity contribution in [3.8, 4) is 0 Å². The zero-order valence-corrected chi connectivity index (χ0v) is 10.6. The van der Waals surface area contributed by atoms with Crippen LogP contribution in [-0.4, -0.2) is 17.3 Å². The van der Waals surface area contributed by atoms with Gasteiger partial charge in [0.2, 0.25) is 0 Å². The number of aliphatic imine (C=N–C) groups is 1. The van der Waals surface area contributed by atoms with Crippen LogP contribution >= 0.6 is 0 Å². The average molecular weight is 233 g/mol. The Labute approximate surface area is 102 Å². The Balaban J connectivity index is 3.00. The minimum atomic E-state index is -0.927. The standard InChI is InChI=1S/C14H19NO2/c1-4-6-10(2)9-15-13-11(3)7-5-8-12(13)14(16)17/h5,7-10H,4,6H2,1-3H3,(H,16,17)/b15-9+. The number of aryl methyl sites for hydroxylation is 1. The Kier molecular flexibility index (Phi) is 4.88. The van der Waals surface area contributed by atoms with Crippen molar-refractivity contribution in [3.05, 3.63) is 29.3 Å². The Bertz CT molecular complexity index is 424. The first-order chi connectivity index (χ1) is 8.06. The fourth-order valence-corrected chi connectivity index (χ4v) is 1.73. The summed E-state index contributed by atoms with van der Waals surface area (Å²) in [6.07, 6.45) is 4.02. The van der Waals surface area contributed by atoms with Gasteiger partial charge in [0, 0.05) is 6.21 Å². The van der Waals surface area contributed by atoms with Crippen LogP contribution in [0.25, 0.3) is 0 Å². The quantitative estimate of drug-likeness (QED) is 0.786. The van der Waals surface area contributed by atoms with Crippen LogP contribution in [0.3, 0.4) is 0 Å². The minimum Gasteiger partial charge on any atom is -0.478 e. The van der Waals surface area contributed by atoms with Crippen molar-refractivity contribution < 1.29 is 9.90 Å². The minimum absolute atomic E-state index is 0.268. The number of carbonyl (C=O) groups is 1. The molecule has 3 heteroatoms. The summed E-state index contributed by atoms with van der Waals surface area (Å²) in [5.41, 5.74) is 1.73. The molecule has 0 heterocycles. The maximum atomic E-state index is 11.1. The van der Waals surface area contributed by atoms with E-state index in [2.05, 4.69) is 18.8 Å². The summed E-state index contributed by atoms with van der Waals surface area (Å²) in [4.78, 5) is 15.4. The zero-order valence-electron chi connectivity index (χ0n) is 10.6. The van der Waals surface area contributed by atoms with Crippen molar-refractivity contribution in [2.75, 3.05) is 0 Å². The van der Waals surface area contributed by atoms with Gasteiger partial charge in [-0.05, 0) is 30.9 Å². The van der Waals surface area contributed by atoms with E-state index < -0.39 is 5.97 Å². The molecule has 0 bridgehead atoms. The molecule has 0 aliphatic carbocycles. The first kappa shape index (κ1) is 13.4. The summed E-state index contributed by atoms with van der Waals surface area (Å²) in [7, 11) is 0. The summed E-state index contributed by atoms with van der Waals surface area (Å²) in [6, 6.07) is 5.21. The van der Waals surface area contributed by atoms with Crippen LogP contribution in [0.5, 0.6) is 0 Å². The van der Waals surface area contributed by atoms with Crippen molar-refractivity contribution in [1.29, 1.82) is 0 Å². The molecule has 0 fully saturated rings. The van der Waals surface area contributed by atoms with E-state index in [4.69, 9.17) is 5.11 Å². The topological polar surface area (TPSA) is 49.7 Å². The maximum absolute atomic E-state index is 11.1. The molecule has 1 aromatic carbocycles. The van der Waals surface area contributed by atoms with Crippen LogP contribution in [0.1, 0.15) is 42.6 Å². The highest BCUT2D eigenvalue weighted by atomic mass is 16.4. The fourth-order valence-electron chi connectivity index (χ4n) is 1.73. The third kappa shape index (κ3) is 3.70. The molecule has 0 radical (unpaired) electrons. The Hall–Kier alpha value is -1.64. The van der Waals surface area contributed by atoms with Crippen LogP contribution in [0.4, 0.5) is 5.69 Å². The maximum Gasteiger partial charge on any atom is 0.337 e. The van der Waals surface area contributed by atoms with Crippen LogP contribution in [-0.2, 0) is 0 Å². The van der Waals surface area contributed by atoms with E-state index in [0.29, 0.717) is 11.6 Å². The predicted octanol–water partition coefficient (Wildman–Crippen LogP) is 3.83. The van der Waals surface area contributed by atoms with E-state index in [1.54, 1.807) is 12.1 Å². The molecule has 0 amide bonds. The van der Waals surface area contributed by atoms with E-state index in [-0.39, 0.29) is 5.56 Å². The van der Waals surface area contributed by atoms with Gasteiger partial charge in [-0.3, -0.25) is 4.99 Å². The Morgan fingerprint density at radius 3 is 2.82 bits per heavy atom. The number of aromatic carboxylic acids is 1. The largest absolute Gasteiger partial charge is 0.478 e. The molecule has 0 aliphatic rings. The number of hydrogen-bond acceptors (Lipinski definition) is 2.